The molecule has 1 aliphatic rings. The van der Waals surface area contributed by atoms with E-state index < -0.39 is 27.8 Å². The van der Waals surface area contributed by atoms with Crippen molar-refractivity contribution in [2.75, 3.05) is 6.54 Å². The van der Waals surface area contributed by atoms with E-state index in [1.54, 1.807) is 52.8 Å². The van der Waals surface area contributed by atoms with Gasteiger partial charge in [-0.05, 0) is 115 Å². The number of carbonyl (C=O) groups is 2. The summed E-state index contributed by atoms with van der Waals surface area (Å²) in [4.78, 5) is 33.9. The van der Waals surface area contributed by atoms with Crippen LogP contribution in [-0.4, -0.2) is 55.0 Å². The SMILES string of the molecule is Cc1c(C)c(S(=O)(=O)NC(N)=NCCC[C@@H](NC(=O)OC(C)(C)C)C(=O)c2ccccn2)c(C)c2c1OC(C)(C)CC2. The van der Waals surface area contributed by atoms with Crippen LogP contribution in [0.4, 0.5) is 4.79 Å². The first kappa shape index (κ1) is 32.8. The smallest absolute Gasteiger partial charge is 0.408 e. The summed E-state index contributed by atoms with van der Waals surface area (Å²) >= 11 is 0. The maximum atomic E-state index is 13.4. The van der Waals surface area contributed by atoms with E-state index in [0.29, 0.717) is 24.0 Å². The van der Waals surface area contributed by atoms with E-state index in [0.717, 1.165) is 23.3 Å². The Morgan fingerprint density at radius 2 is 1.86 bits per heavy atom. The minimum atomic E-state index is -4.04. The van der Waals surface area contributed by atoms with Crippen LogP contribution in [0.15, 0.2) is 34.3 Å². The molecule has 0 aliphatic carbocycles. The predicted octanol–water partition coefficient (Wildman–Crippen LogP) is 4.26. The summed E-state index contributed by atoms with van der Waals surface area (Å²) in [5.74, 6) is 0.103. The number of aromatic nitrogens is 1. The number of Topliss-reactive ketones (excluding diaryl/α,β-unsaturated/α-hetero) is 1. The van der Waals surface area contributed by atoms with Crippen molar-refractivity contribution in [3.63, 3.8) is 0 Å². The van der Waals surface area contributed by atoms with E-state index in [-0.39, 0.29) is 40.9 Å². The number of fused-ring (bicyclic) bond motifs is 1. The second kappa shape index (κ2) is 12.7. The molecule has 0 radical (unpaired) electrons. The van der Waals surface area contributed by atoms with Gasteiger partial charge in [0.1, 0.15) is 22.6 Å². The molecule has 2 aromatic rings. The third-order valence-corrected chi connectivity index (χ3v) is 8.66. The number of nitrogens with one attached hydrogen (secondary N) is 2. The molecule has 0 saturated carbocycles. The minimum Gasteiger partial charge on any atom is -0.487 e. The number of nitrogens with zero attached hydrogens (tertiary/aromatic N) is 2. The van der Waals surface area contributed by atoms with Crippen LogP contribution in [0, 0.1) is 20.8 Å². The van der Waals surface area contributed by atoms with Crippen molar-refractivity contribution < 1.29 is 27.5 Å². The van der Waals surface area contributed by atoms with Gasteiger partial charge in [0.25, 0.3) is 10.0 Å². The average Bonchev–Trinajstić information content (AvgIpc) is 2.87. The van der Waals surface area contributed by atoms with Gasteiger partial charge >= 0.3 is 6.09 Å². The van der Waals surface area contributed by atoms with Gasteiger partial charge in [0, 0.05) is 12.7 Å². The van der Waals surface area contributed by atoms with Crippen LogP contribution in [0.25, 0.3) is 0 Å². The van der Waals surface area contributed by atoms with Gasteiger partial charge in [-0.3, -0.25) is 14.8 Å². The summed E-state index contributed by atoms with van der Waals surface area (Å²) in [6, 6.07) is 4.02. The lowest BCUT2D eigenvalue weighted by molar-refractivity contribution is 0.0487. The number of hydrogen-bond acceptors (Lipinski definition) is 8. The number of pyridine rings is 1. The Morgan fingerprint density at radius 1 is 1.17 bits per heavy atom. The number of aliphatic imine (C=N–C) groups is 1. The van der Waals surface area contributed by atoms with Crippen molar-refractivity contribution in [3.05, 3.63) is 52.3 Å². The fourth-order valence-corrected chi connectivity index (χ4v) is 6.40. The lowest BCUT2D eigenvalue weighted by Crippen LogP contribution is -2.44. The van der Waals surface area contributed by atoms with Crippen LogP contribution >= 0.6 is 0 Å². The van der Waals surface area contributed by atoms with Gasteiger partial charge in [-0.25, -0.2) is 17.9 Å². The molecule has 0 spiro atoms. The number of hydrogen-bond donors (Lipinski definition) is 3. The molecule has 1 atom stereocenters. The Labute approximate surface area is 248 Å². The zero-order chi connectivity index (χ0) is 31.5. The van der Waals surface area contributed by atoms with Gasteiger partial charge in [0.05, 0.1) is 10.9 Å². The lowest BCUT2D eigenvalue weighted by atomic mass is 9.88. The van der Waals surface area contributed by atoms with Crippen LogP contribution in [0.5, 0.6) is 5.75 Å². The van der Waals surface area contributed by atoms with Crippen LogP contribution < -0.4 is 20.5 Å². The first-order valence-corrected chi connectivity index (χ1v) is 15.5. The van der Waals surface area contributed by atoms with Crippen LogP contribution in [-0.2, 0) is 21.2 Å². The van der Waals surface area contributed by atoms with Crippen molar-refractivity contribution in [1.29, 1.82) is 0 Å². The molecule has 2 heterocycles. The molecule has 12 heteroatoms. The highest BCUT2D eigenvalue weighted by molar-refractivity contribution is 7.90. The van der Waals surface area contributed by atoms with Crippen LogP contribution in [0.2, 0.25) is 0 Å². The van der Waals surface area contributed by atoms with Crippen molar-refractivity contribution in [3.8, 4) is 5.75 Å². The summed E-state index contributed by atoms with van der Waals surface area (Å²) < 4.78 is 40.8. The molecule has 42 heavy (non-hydrogen) atoms. The molecule has 0 fully saturated rings. The highest BCUT2D eigenvalue weighted by atomic mass is 32.2. The normalized spacial score (nSPS) is 15.7. The molecule has 11 nitrogen and oxygen atoms in total. The summed E-state index contributed by atoms with van der Waals surface area (Å²) in [6.07, 6.45) is 2.77. The van der Waals surface area contributed by atoms with Gasteiger partial charge in [-0.2, -0.15) is 0 Å². The molecule has 0 bridgehead atoms. The maximum absolute atomic E-state index is 13.4. The molecule has 1 amide bonds. The third-order valence-electron chi connectivity index (χ3n) is 7.03. The number of ether oxygens (including phenoxy) is 2. The minimum absolute atomic E-state index is 0.112. The number of ketones is 1. The molecule has 0 unspecified atom stereocenters. The van der Waals surface area contributed by atoms with Crippen LogP contribution in [0.3, 0.4) is 0 Å². The quantitative estimate of drug-likeness (QED) is 0.166. The second-order valence-corrected chi connectivity index (χ2v) is 13.8. The van der Waals surface area contributed by atoms with Crippen molar-refractivity contribution >= 4 is 27.9 Å². The van der Waals surface area contributed by atoms with Crippen molar-refractivity contribution in [1.82, 2.24) is 15.0 Å². The van der Waals surface area contributed by atoms with Crippen molar-refractivity contribution in [2.45, 2.75) is 103 Å². The molecule has 0 saturated heterocycles. The molecule has 3 rings (SSSR count). The maximum Gasteiger partial charge on any atom is 0.408 e. The Morgan fingerprint density at radius 3 is 2.48 bits per heavy atom. The highest BCUT2D eigenvalue weighted by Crippen LogP contribution is 2.42. The second-order valence-electron chi connectivity index (χ2n) is 12.2. The topological polar surface area (TPSA) is 162 Å². The van der Waals surface area contributed by atoms with Crippen LogP contribution in [0.1, 0.15) is 86.6 Å². The number of alkyl carbamates (subject to hydrolysis) is 1. The van der Waals surface area contributed by atoms with Gasteiger partial charge < -0.3 is 20.5 Å². The first-order chi connectivity index (χ1) is 19.4. The highest BCUT2D eigenvalue weighted by Gasteiger charge is 2.33. The number of nitrogens with two attached hydrogens (primary N) is 1. The van der Waals surface area contributed by atoms with E-state index in [1.165, 1.54) is 6.20 Å². The number of amides is 1. The Kier molecular flexibility index (Phi) is 9.92. The average molecular weight is 602 g/mol. The fraction of sp³-hybridized carbons (Fsp3) is 0.533. The van der Waals surface area contributed by atoms with Crippen molar-refractivity contribution in [2.24, 2.45) is 10.7 Å². The summed E-state index contributed by atoms with van der Waals surface area (Å²) in [5.41, 5.74) is 8.02. The Bertz CT molecular complexity index is 1460. The summed E-state index contributed by atoms with van der Waals surface area (Å²) in [7, 11) is -4.04. The largest absolute Gasteiger partial charge is 0.487 e. The monoisotopic (exact) mass is 601 g/mol. The number of benzene rings is 1. The molecular formula is C30H43N5O6S. The molecule has 230 valence electrons. The van der Waals surface area contributed by atoms with E-state index in [4.69, 9.17) is 15.2 Å². The molecule has 1 aromatic carbocycles. The Hall–Kier alpha value is -3.67. The summed E-state index contributed by atoms with van der Waals surface area (Å²) in [6.45, 7) is 14.7. The molecule has 4 N–H and O–H groups in total. The first-order valence-electron chi connectivity index (χ1n) is 14.0. The fourth-order valence-electron chi connectivity index (χ4n) is 4.87. The molecular weight excluding hydrogens is 558 g/mol. The third kappa shape index (κ3) is 8.21. The van der Waals surface area contributed by atoms with E-state index in [9.17, 15) is 18.0 Å². The lowest BCUT2D eigenvalue weighted by Gasteiger charge is -2.35. The summed E-state index contributed by atoms with van der Waals surface area (Å²) in [5, 5.41) is 2.62. The van der Waals surface area contributed by atoms with E-state index in [1.807, 2.05) is 20.8 Å². The van der Waals surface area contributed by atoms with Gasteiger partial charge in [-0.1, -0.05) is 6.07 Å². The molecule has 1 aromatic heterocycles. The zero-order valence-electron chi connectivity index (χ0n) is 25.8. The van der Waals surface area contributed by atoms with Gasteiger partial charge in [0.15, 0.2) is 0 Å². The van der Waals surface area contributed by atoms with E-state index >= 15 is 0 Å². The number of sulfonamides is 1. The standard InChI is InChI=1S/C30H43N5O6S/c1-18-19(2)26(20(3)21-14-15-30(7,8)40-25(18)21)42(38,39)35-27(31)33-17-11-13-23(34-28(37)41-29(4,5)6)24(36)22-12-9-10-16-32-22/h9-10,12,16,23H,11,13-15,17H2,1-8H3,(H,34,37)(H3,31,33,35)/t23-/m1/s1. The predicted molar refractivity (Wildman–Crippen MR) is 161 cm³/mol. The van der Waals surface area contributed by atoms with Gasteiger partial charge in [-0.15, -0.1) is 0 Å². The number of guanidine groups is 1. The van der Waals surface area contributed by atoms with Gasteiger partial charge in [0.2, 0.25) is 11.7 Å². The Balaban J connectivity index is 1.72. The number of carbonyl (C=O) groups excluding carboxylic acids is 2. The number of rotatable bonds is 9. The van der Waals surface area contributed by atoms with E-state index in [2.05, 4.69) is 20.0 Å². The zero-order valence-corrected chi connectivity index (χ0v) is 26.6. The molecule has 1 aliphatic heterocycles.